The van der Waals surface area contributed by atoms with Crippen molar-refractivity contribution < 1.29 is 9.53 Å². The fourth-order valence-corrected chi connectivity index (χ4v) is 4.48. The quantitative estimate of drug-likeness (QED) is 0.765. The molecule has 1 aromatic carbocycles. The summed E-state index contributed by atoms with van der Waals surface area (Å²) >= 11 is 0. The molecule has 0 radical (unpaired) electrons. The number of fused-ring (bicyclic) bond motifs is 2. The number of nitrogens with zero attached hydrogens (tertiary/aromatic N) is 1. The van der Waals surface area contributed by atoms with Crippen LogP contribution in [0.25, 0.3) is 0 Å². The number of ether oxygens (including phenoxy) is 1. The lowest BCUT2D eigenvalue weighted by molar-refractivity contribution is 0.0756. The first kappa shape index (κ1) is 22.5. The summed E-state index contributed by atoms with van der Waals surface area (Å²) in [6.45, 7) is 0. The Morgan fingerprint density at radius 3 is 2.32 bits per heavy atom. The fraction of sp³-hybridized carbons (Fsp3) is 0.429. The summed E-state index contributed by atoms with van der Waals surface area (Å²) in [5.74, 6) is 2.41. The number of hydrogen-bond donors (Lipinski definition) is 2. The topological polar surface area (TPSA) is 77.2 Å². The molecule has 1 heterocycles. The lowest BCUT2D eigenvalue weighted by atomic mass is 9.67. The Morgan fingerprint density at radius 1 is 1.04 bits per heavy atom. The average Bonchev–Trinajstić information content (AvgIpc) is 2.64. The maximum absolute atomic E-state index is 12.7. The molecule has 2 saturated carbocycles. The Labute approximate surface area is 178 Å². The number of aromatic nitrogens is 1. The smallest absolute Gasteiger partial charge is 0.251 e. The zero-order chi connectivity index (χ0) is 17.9. The Morgan fingerprint density at radius 2 is 1.71 bits per heavy atom. The summed E-state index contributed by atoms with van der Waals surface area (Å²) in [4.78, 5) is 16.7. The molecule has 2 bridgehead atoms. The van der Waals surface area contributed by atoms with Gasteiger partial charge in [0, 0.05) is 23.8 Å². The Hall–Kier alpha value is -1.82. The minimum absolute atomic E-state index is 0. The highest BCUT2D eigenvalue weighted by molar-refractivity contribution is 5.94. The number of nitrogens with one attached hydrogen (secondary N) is 1. The van der Waals surface area contributed by atoms with E-state index in [2.05, 4.69) is 10.3 Å². The van der Waals surface area contributed by atoms with Crippen molar-refractivity contribution in [2.45, 2.75) is 44.2 Å². The van der Waals surface area contributed by atoms with Crippen molar-refractivity contribution in [3.05, 3.63) is 54.4 Å². The highest BCUT2D eigenvalue weighted by Gasteiger charge is 2.39. The van der Waals surface area contributed by atoms with E-state index in [0.29, 0.717) is 34.9 Å². The van der Waals surface area contributed by atoms with Gasteiger partial charge in [0.25, 0.3) is 5.91 Å². The molecule has 2 aromatic rings. The normalized spacial score (nSPS) is 25.6. The average molecular weight is 424 g/mol. The van der Waals surface area contributed by atoms with Gasteiger partial charge in [0.1, 0.15) is 11.5 Å². The predicted molar refractivity (Wildman–Crippen MR) is 115 cm³/mol. The van der Waals surface area contributed by atoms with Crippen LogP contribution in [0.5, 0.6) is 11.5 Å². The maximum atomic E-state index is 12.7. The zero-order valence-corrected chi connectivity index (χ0v) is 17.3. The highest BCUT2D eigenvalue weighted by Crippen LogP contribution is 2.39. The van der Waals surface area contributed by atoms with Crippen LogP contribution in [0.1, 0.15) is 42.5 Å². The van der Waals surface area contributed by atoms with E-state index in [0.717, 1.165) is 12.8 Å². The Bertz CT molecular complexity index is 744. The number of carbonyl (C=O) groups is 1. The second kappa shape index (κ2) is 10.1. The van der Waals surface area contributed by atoms with Crippen LogP contribution in [0.3, 0.4) is 0 Å². The summed E-state index contributed by atoms with van der Waals surface area (Å²) in [5, 5.41) is 3.28. The largest absolute Gasteiger partial charge is 0.456 e. The maximum Gasteiger partial charge on any atom is 0.251 e. The van der Waals surface area contributed by atoms with Crippen LogP contribution in [0.15, 0.2) is 48.8 Å². The molecule has 2 aliphatic rings. The number of halogens is 2. The van der Waals surface area contributed by atoms with Crippen molar-refractivity contribution in [1.29, 1.82) is 0 Å². The number of nitrogens with two attached hydrogens (primary N) is 1. The molecule has 0 spiro atoms. The molecular formula is C21H27Cl2N3O2. The monoisotopic (exact) mass is 423 g/mol. The van der Waals surface area contributed by atoms with Gasteiger partial charge in [0.05, 0.1) is 6.20 Å². The predicted octanol–water partition coefficient (Wildman–Crippen LogP) is 4.35. The molecule has 2 atom stereocenters. The molecule has 0 aliphatic heterocycles. The van der Waals surface area contributed by atoms with Crippen molar-refractivity contribution in [2.75, 3.05) is 0 Å². The van der Waals surface area contributed by atoms with Gasteiger partial charge in [-0.1, -0.05) is 6.42 Å². The van der Waals surface area contributed by atoms with Crippen molar-refractivity contribution in [1.82, 2.24) is 10.3 Å². The summed E-state index contributed by atoms with van der Waals surface area (Å²) in [7, 11) is 0. The van der Waals surface area contributed by atoms with E-state index in [1.807, 2.05) is 36.4 Å². The van der Waals surface area contributed by atoms with Crippen molar-refractivity contribution in [2.24, 2.45) is 17.6 Å². The van der Waals surface area contributed by atoms with E-state index < -0.39 is 0 Å². The molecule has 4 rings (SSSR count). The number of carbonyl (C=O) groups excluding carboxylic acids is 1. The zero-order valence-electron chi connectivity index (χ0n) is 15.6. The fourth-order valence-electron chi connectivity index (χ4n) is 4.48. The summed E-state index contributed by atoms with van der Waals surface area (Å²) in [6, 6.07) is 11.5. The molecule has 28 heavy (non-hydrogen) atoms. The lowest BCUT2D eigenvalue weighted by Crippen LogP contribution is -2.53. The minimum Gasteiger partial charge on any atom is -0.456 e. The number of rotatable bonds is 4. The van der Waals surface area contributed by atoms with Crippen LogP contribution in [-0.2, 0) is 0 Å². The number of pyridine rings is 1. The number of amides is 1. The minimum atomic E-state index is -0.00435. The SMILES string of the molecule is Cl.Cl.NC1CC2CCCC(C1)C2NC(=O)c1ccc(Oc2cccnc2)cc1. The van der Waals surface area contributed by atoms with Crippen molar-refractivity contribution in [3.63, 3.8) is 0 Å². The van der Waals surface area contributed by atoms with Crippen molar-refractivity contribution >= 4 is 30.7 Å². The Kier molecular flexibility index (Phi) is 8.10. The molecule has 5 nitrogen and oxygen atoms in total. The van der Waals surface area contributed by atoms with E-state index >= 15 is 0 Å². The molecule has 1 aromatic heterocycles. The molecule has 152 valence electrons. The van der Waals surface area contributed by atoms with Gasteiger partial charge in [-0.15, -0.1) is 24.8 Å². The van der Waals surface area contributed by atoms with Gasteiger partial charge < -0.3 is 15.8 Å². The van der Waals surface area contributed by atoms with Crippen LogP contribution in [0, 0.1) is 11.8 Å². The van der Waals surface area contributed by atoms with Crippen LogP contribution in [-0.4, -0.2) is 23.0 Å². The van der Waals surface area contributed by atoms with Gasteiger partial charge in [0.15, 0.2) is 0 Å². The van der Waals surface area contributed by atoms with Gasteiger partial charge in [-0.05, 0) is 73.9 Å². The van der Waals surface area contributed by atoms with Crippen LogP contribution in [0.4, 0.5) is 0 Å². The van der Waals surface area contributed by atoms with Gasteiger partial charge in [-0.2, -0.15) is 0 Å². The second-order valence-electron chi connectivity index (χ2n) is 7.50. The molecule has 2 unspecified atom stereocenters. The first-order valence-electron chi connectivity index (χ1n) is 9.43. The molecule has 2 fully saturated rings. The van der Waals surface area contributed by atoms with E-state index in [1.54, 1.807) is 12.4 Å². The molecule has 3 N–H and O–H groups in total. The molecule has 2 aliphatic carbocycles. The second-order valence-corrected chi connectivity index (χ2v) is 7.50. The van der Waals surface area contributed by atoms with Gasteiger partial charge in [-0.3, -0.25) is 9.78 Å². The van der Waals surface area contributed by atoms with Crippen molar-refractivity contribution in [3.8, 4) is 11.5 Å². The highest BCUT2D eigenvalue weighted by atomic mass is 35.5. The summed E-state index contributed by atoms with van der Waals surface area (Å²) in [5.41, 5.74) is 6.84. The van der Waals surface area contributed by atoms with E-state index in [1.165, 1.54) is 19.3 Å². The van der Waals surface area contributed by atoms with Crippen LogP contribution in [0.2, 0.25) is 0 Å². The first-order valence-corrected chi connectivity index (χ1v) is 9.43. The molecule has 1 amide bonds. The Balaban J connectivity index is 0.00000140. The van der Waals surface area contributed by atoms with E-state index in [9.17, 15) is 4.79 Å². The molecular weight excluding hydrogens is 397 g/mol. The third-order valence-electron chi connectivity index (χ3n) is 5.66. The third-order valence-corrected chi connectivity index (χ3v) is 5.66. The van der Waals surface area contributed by atoms with Gasteiger partial charge in [-0.25, -0.2) is 0 Å². The molecule has 0 saturated heterocycles. The summed E-state index contributed by atoms with van der Waals surface area (Å²) in [6.07, 6.45) is 9.02. The van der Waals surface area contributed by atoms with Crippen LogP contribution >= 0.6 is 24.8 Å². The summed E-state index contributed by atoms with van der Waals surface area (Å²) < 4.78 is 5.73. The number of hydrogen-bond acceptors (Lipinski definition) is 4. The lowest BCUT2D eigenvalue weighted by Gasteiger charge is -2.45. The van der Waals surface area contributed by atoms with Gasteiger partial charge >= 0.3 is 0 Å². The van der Waals surface area contributed by atoms with Gasteiger partial charge in [0.2, 0.25) is 0 Å². The van der Waals surface area contributed by atoms with E-state index in [4.69, 9.17) is 10.5 Å². The molecule has 7 heteroatoms. The van der Waals surface area contributed by atoms with E-state index in [-0.39, 0.29) is 36.8 Å². The van der Waals surface area contributed by atoms with Crippen LogP contribution < -0.4 is 15.8 Å². The standard InChI is InChI=1S/C21H25N3O2.2ClH/c22-17-11-15-3-1-4-16(12-17)20(15)24-21(25)14-6-8-18(9-7-14)26-19-5-2-10-23-13-19;;/h2,5-10,13,15-17,20H,1,3-4,11-12,22H2,(H,24,25);2*1H. The first-order chi connectivity index (χ1) is 12.7. The number of benzene rings is 1. The third kappa shape index (κ3) is 5.16.